The normalized spacial score (nSPS) is 12.7. The highest BCUT2D eigenvalue weighted by molar-refractivity contribution is 5.88. The standard InChI is InChI=1S/C12H18N2O3/c1-8(2)4-9(3)17-6-11-10(12(15)16)5-13-7-14-11/h5,7-9H,4,6H2,1-3H3,(H,15,16). The topological polar surface area (TPSA) is 72.3 Å². The van der Waals surface area contributed by atoms with Crippen LogP contribution in [0.5, 0.6) is 0 Å². The van der Waals surface area contributed by atoms with Crippen LogP contribution in [0, 0.1) is 5.92 Å². The largest absolute Gasteiger partial charge is 0.478 e. The van der Waals surface area contributed by atoms with Crippen LogP contribution in [-0.2, 0) is 11.3 Å². The molecule has 1 unspecified atom stereocenters. The second kappa shape index (κ2) is 6.30. The summed E-state index contributed by atoms with van der Waals surface area (Å²) in [5, 5.41) is 8.94. The number of hydrogen-bond donors (Lipinski definition) is 1. The van der Waals surface area contributed by atoms with E-state index in [2.05, 4.69) is 23.8 Å². The van der Waals surface area contributed by atoms with Crippen LogP contribution in [0.25, 0.3) is 0 Å². The second-order valence-electron chi connectivity index (χ2n) is 4.44. The van der Waals surface area contributed by atoms with Crippen molar-refractivity contribution in [1.29, 1.82) is 0 Å². The van der Waals surface area contributed by atoms with Crippen molar-refractivity contribution in [3.8, 4) is 0 Å². The maximum atomic E-state index is 10.9. The fourth-order valence-corrected chi connectivity index (χ4v) is 1.60. The Morgan fingerprint density at radius 2 is 2.18 bits per heavy atom. The first-order valence-electron chi connectivity index (χ1n) is 5.64. The summed E-state index contributed by atoms with van der Waals surface area (Å²) >= 11 is 0. The summed E-state index contributed by atoms with van der Waals surface area (Å²) in [6.45, 7) is 6.42. The van der Waals surface area contributed by atoms with Gasteiger partial charge in [0.2, 0.25) is 0 Å². The average molecular weight is 238 g/mol. The molecular weight excluding hydrogens is 220 g/mol. The zero-order valence-corrected chi connectivity index (χ0v) is 10.4. The van der Waals surface area contributed by atoms with E-state index in [0.717, 1.165) is 6.42 Å². The summed E-state index contributed by atoms with van der Waals surface area (Å²) in [6, 6.07) is 0. The van der Waals surface area contributed by atoms with Gasteiger partial charge in [0.25, 0.3) is 0 Å². The van der Waals surface area contributed by atoms with Gasteiger partial charge in [-0.15, -0.1) is 0 Å². The summed E-state index contributed by atoms with van der Waals surface area (Å²) in [6.07, 6.45) is 3.65. The van der Waals surface area contributed by atoms with E-state index in [4.69, 9.17) is 9.84 Å². The fraction of sp³-hybridized carbons (Fsp3) is 0.583. The van der Waals surface area contributed by atoms with Gasteiger partial charge in [0.15, 0.2) is 0 Å². The van der Waals surface area contributed by atoms with E-state index < -0.39 is 5.97 Å². The van der Waals surface area contributed by atoms with Crippen molar-refractivity contribution >= 4 is 5.97 Å². The maximum absolute atomic E-state index is 10.9. The van der Waals surface area contributed by atoms with Crippen LogP contribution in [0.4, 0.5) is 0 Å². The summed E-state index contributed by atoms with van der Waals surface area (Å²) in [5.41, 5.74) is 0.521. The van der Waals surface area contributed by atoms with E-state index in [1.807, 2.05) is 6.92 Å². The van der Waals surface area contributed by atoms with E-state index in [1.54, 1.807) is 0 Å². The number of ether oxygens (including phenoxy) is 1. The molecule has 0 radical (unpaired) electrons. The highest BCUT2D eigenvalue weighted by atomic mass is 16.5. The van der Waals surface area contributed by atoms with Gasteiger partial charge in [0, 0.05) is 6.20 Å². The van der Waals surface area contributed by atoms with E-state index in [-0.39, 0.29) is 18.3 Å². The minimum absolute atomic E-state index is 0.0895. The van der Waals surface area contributed by atoms with Gasteiger partial charge in [-0.05, 0) is 19.3 Å². The quantitative estimate of drug-likeness (QED) is 0.821. The Labute approximate surface area is 101 Å². The number of aromatic nitrogens is 2. The molecular formula is C12H18N2O3. The van der Waals surface area contributed by atoms with Gasteiger partial charge in [-0.1, -0.05) is 13.8 Å². The molecule has 0 bridgehead atoms. The first-order chi connectivity index (χ1) is 8.00. The molecule has 0 aliphatic heterocycles. The van der Waals surface area contributed by atoms with Gasteiger partial charge >= 0.3 is 5.97 Å². The lowest BCUT2D eigenvalue weighted by molar-refractivity contribution is 0.0364. The third-order valence-electron chi connectivity index (χ3n) is 2.33. The molecule has 0 spiro atoms. The van der Waals surface area contributed by atoms with Crippen LogP contribution >= 0.6 is 0 Å². The van der Waals surface area contributed by atoms with Gasteiger partial charge in [-0.25, -0.2) is 14.8 Å². The number of aromatic carboxylic acids is 1. The van der Waals surface area contributed by atoms with Gasteiger partial charge < -0.3 is 9.84 Å². The molecule has 94 valence electrons. The van der Waals surface area contributed by atoms with E-state index in [1.165, 1.54) is 12.5 Å². The molecule has 17 heavy (non-hydrogen) atoms. The molecule has 1 rings (SSSR count). The molecule has 0 aliphatic rings. The Hall–Kier alpha value is -1.49. The minimum Gasteiger partial charge on any atom is -0.478 e. The summed E-state index contributed by atoms with van der Waals surface area (Å²) in [4.78, 5) is 18.5. The van der Waals surface area contributed by atoms with Crippen molar-refractivity contribution in [3.63, 3.8) is 0 Å². The van der Waals surface area contributed by atoms with Crippen molar-refractivity contribution in [3.05, 3.63) is 23.8 Å². The zero-order chi connectivity index (χ0) is 12.8. The van der Waals surface area contributed by atoms with Gasteiger partial charge in [-0.2, -0.15) is 0 Å². The van der Waals surface area contributed by atoms with E-state index in [0.29, 0.717) is 11.6 Å². The lowest BCUT2D eigenvalue weighted by atomic mass is 10.1. The number of carbonyl (C=O) groups is 1. The Balaban J connectivity index is 2.60. The lowest BCUT2D eigenvalue weighted by Crippen LogP contribution is -2.14. The predicted molar refractivity (Wildman–Crippen MR) is 62.7 cm³/mol. The molecule has 0 aliphatic carbocycles. The third-order valence-corrected chi connectivity index (χ3v) is 2.33. The SMILES string of the molecule is CC(C)CC(C)OCc1ncncc1C(=O)O. The van der Waals surface area contributed by atoms with Crippen molar-refractivity contribution in [2.24, 2.45) is 5.92 Å². The molecule has 0 aromatic carbocycles. The Morgan fingerprint density at radius 3 is 2.76 bits per heavy atom. The van der Waals surface area contributed by atoms with E-state index in [9.17, 15) is 4.79 Å². The minimum atomic E-state index is -1.03. The summed E-state index contributed by atoms with van der Waals surface area (Å²) in [5.74, 6) is -0.477. The van der Waals surface area contributed by atoms with Crippen molar-refractivity contribution in [2.75, 3.05) is 0 Å². The molecule has 1 heterocycles. The Kier molecular flexibility index (Phi) is 5.03. The van der Waals surface area contributed by atoms with Crippen LogP contribution in [0.3, 0.4) is 0 Å². The van der Waals surface area contributed by atoms with Crippen LogP contribution in [-0.4, -0.2) is 27.1 Å². The molecule has 0 fully saturated rings. The van der Waals surface area contributed by atoms with Gasteiger partial charge in [0.05, 0.1) is 18.4 Å². The highest BCUT2D eigenvalue weighted by Gasteiger charge is 2.13. The van der Waals surface area contributed by atoms with Gasteiger partial charge in [-0.3, -0.25) is 0 Å². The molecule has 5 nitrogen and oxygen atoms in total. The monoisotopic (exact) mass is 238 g/mol. The summed E-state index contributed by atoms with van der Waals surface area (Å²) in [7, 11) is 0. The number of nitrogens with zero attached hydrogens (tertiary/aromatic N) is 2. The van der Waals surface area contributed by atoms with Crippen LogP contribution in [0.1, 0.15) is 43.2 Å². The van der Waals surface area contributed by atoms with Crippen molar-refractivity contribution in [1.82, 2.24) is 9.97 Å². The number of carboxylic acid groups (broad SMARTS) is 1. The van der Waals surface area contributed by atoms with Crippen LogP contribution in [0.2, 0.25) is 0 Å². The second-order valence-corrected chi connectivity index (χ2v) is 4.44. The van der Waals surface area contributed by atoms with Gasteiger partial charge in [0.1, 0.15) is 11.9 Å². The number of carboxylic acids is 1. The average Bonchev–Trinajstić information content (AvgIpc) is 2.25. The summed E-state index contributed by atoms with van der Waals surface area (Å²) < 4.78 is 5.58. The molecule has 5 heteroatoms. The highest BCUT2D eigenvalue weighted by Crippen LogP contribution is 2.11. The number of hydrogen-bond acceptors (Lipinski definition) is 4. The molecule has 1 atom stereocenters. The molecule has 0 amide bonds. The Morgan fingerprint density at radius 1 is 1.47 bits per heavy atom. The molecule has 0 saturated heterocycles. The fourth-order valence-electron chi connectivity index (χ4n) is 1.60. The number of rotatable bonds is 6. The van der Waals surface area contributed by atoms with Crippen LogP contribution < -0.4 is 0 Å². The van der Waals surface area contributed by atoms with Crippen molar-refractivity contribution < 1.29 is 14.6 Å². The molecule has 0 saturated carbocycles. The predicted octanol–water partition coefficient (Wildman–Crippen LogP) is 2.13. The third kappa shape index (κ3) is 4.48. The Bertz CT molecular complexity index is 380. The first kappa shape index (κ1) is 13.6. The van der Waals surface area contributed by atoms with Crippen molar-refractivity contribution in [2.45, 2.75) is 39.9 Å². The molecule has 1 N–H and O–H groups in total. The van der Waals surface area contributed by atoms with Crippen LogP contribution in [0.15, 0.2) is 12.5 Å². The molecule has 1 aromatic heterocycles. The molecule has 1 aromatic rings. The van der Waals surface area contributed by atoms with E-state index >= 15 is 0 Å². The maximum Gasteiger partial charge on any atom is 0.339 e. The lowest BCUT2D eigenvalue weighted by Gasteiger charge is -2.15. The smallest absolute Gasteiger partial charge is 0.339 e. The zero-order valence-electron chi connectivity index (χ0n) is 10.4. The first-order valence-corrected chi connectivity index (χ1v) is 5.64.